The second-order valence-corrected chi connectivity index (χ2v) is 6.28. The van der Waals surface area contributed by atoms with E-state index in [1.807, 2.05) is 18.2 Å². The van der Waals surface area contributed by atoms with Crippen molar-refractivity contribution in [2.75, 3.05) is 0 Å². The summed E-state index contributed by atoms with van der Waals surface area (Å²) < 4.78 is 1.48. The molecule has 0 aliphatic heterocycles. The van der Waals surface area contributed by atoms with Gasteiger partial charge in [-0.15, -0.1) is 11.3 Å². The molecular formula is C15H12ClN3O2S. The first-order chi connectivity index (χ1) is 10.5. The molecule has 0 spiro atoms. The number of thiophene rings is 1. The van der Waals surface area contributed by atoms with Crippen LogP contribution in [0.4, 0.5) is 0 Å². The Morgan fingerprint density at radius 2 is 2.14 bits per heavy atom. The molecule has 5 nitrogen and oxygen atoms in total. The van der Waals surface area contributed by atoms with Crippen LogP contribution in [-0.4, -0.2) is 15.5 Å². The Hall–Kier alpha value is -2.18. The van der Waals surface area contributed by atoms with Gasteiger partial charge in [-0.05, 0) is 24.1 Å². The molecule has 3 aromatic rings. The number of primary amides is 1. The van der Waals surface area contributed by atoms with Gasteiger partial charge in [-0.1, -0.05) is 29.8 Å². The minimum atomic E-state index is -0.544. The standard InChI is InChI=1S/C15H12ClN3O2S/c1-8-11-14(22-12(8)13(17)20)18-7-19(15(11)21)6-9-4-2-3-5-10(9)16/h2-5,7H,6H2,1H3,(H2,17,20). The highest BCUT2D eigenvalue weighted by Gasteiger charge is 2.17. The third-order valence-corrected chi connectivity index (χ3v) is 5.02. The van der Waals surface area contributed by atoms with Crippen LogP contribution in [0.5, 0.6) is 0 Å². The summed E-state index contributed by atoms with van der Waals surface area (Å²) in [6, 6.07) is 7.32. The van der Waals surface area contributed by atoms with Gasteiger partial charge in [0.25, 0.3) is 11.5 Å². The van der Waals surface area contributed by atoms with Gasteiger partial charge in [-0.25, -0.2) is 4.98 Å². The van der Waals surface area contributed by atoms with Gasteiger partial charge in [0.2, 0.25) is 0 Å². The van der Waals surface area contributed by atoms with Gasteiger partial charge in [-0.2, -0.15) is 0 Å². The molecule has 7 heteroatoms. The zero-order valence-corrected chi connectivity index (χ0v) is 13.2. The van der Waals surface area contributed by atoms with E-state index in [4.69, 9.17) is 17.3 Å². The average Bonchev–Trinajstić information content (AvgIpc) is 2.82. The van der Waals surface area contributed by atoms with Crippen molar-refractivity contribution < 1.29 is 4.79 Å². The number of aromatic nitrogens is 2. The van der Waals surface area contributed by atoms with Crippen LogP contribution >= 0.6 is 22.9 Å². The number of carbonyl (C=O) groups is 1. The fourth-order valence-corrected chi connectivity index (χ4v) is 3.50. The van der Waals surface area contributed by atoms with Crippen molar-refractivity contribution >= 4 is 39.1 Å². The van der Waals surface area contributed by atoms with Crippen LogP contribution in [0.3, 0.4) is 0 Å². The highest BCUT2D eigenvalue weighted by atomic mass is 35.5. The lowest BCUT2D eigenvalue weighted by atomic mass is 10.2. The van der Waals surface area contributed by atoms with Crippen LogP contribution in [0.2, 0.25) is 5.02 Å². The van der Waals surface area contributed by atoms with E-state index in [1.54, 1.807) is 13.0 Å². The molecule has 0 bridgehead atoms. The molecule has 0 atom stereocenters. The molecular weight excluding hydrogens is 322 g/mol. The van der Waals surface area contributed by atoms with Gasteiger partial charge >= 0.3 is 0 Å². The number of benzene rings is 1. The van der Waals surface area contributed by atoms with E-state index in [0.717, 1.165) is 16.9 Å². The number of amides is 1. The van der Waals surface area contributed by atoms with Crippen LogP contribution in [-0.2, 0) is 6.54 Å². The van der Waals surface area contributed by atoms with Crippen molar-refractivity contribution in [1.82, 2.24) is 9.55 Å². The molecule has 2 heterocycles. The second-order valence-electron chi connectivity index (χ2n) is 4.87. The number of aryl methyl sites for hydroxylation is 1. The number of hydrogen-bond donors (Lipinski definition) is 1. The SMILES string of the molecule is Cc1c(C(N)=O)sc2ncn(Cc3ccccc3Cl)c(=O)c12. The Labute approximate surface area is 135 Å². The lowest BCUT2D eigenvalue weighted by Crippen LogP contribution is -2.21. The minimum absolute atomic E-state index is 0.203. The number of carbonyl (C=O) groups excluding carboxylic acids is 1. The second kappa shape index (κ2) is 5.55. The molecule has 22 heavy (non-hydrogen) atoms. The zero-order chi connectivity index (χ0) is 15.9. The summed E-state index contributed by atoms with van der Waals surface area (Å²) >= 11 is 7.27. The van der Waals surface area contributed by atoms with Crippen molar-refractivity contribution in [3.05, 3.63) is 62.0 Å². The van der Waals surface area contributed by atoms with E-state index < -0.39 is 5.91 Å². The molecule has 2 N–H and O–H groups in total. The van der Waals surface area contributed by atoms with E-state index in [-0.39, 0.29) is 5.56 Å². The Bertz CT molecular complexity index is 946. The van der Waals surface area contributed by atoms with Crippen molar-refractivity contribution in [2.24, 2.45) is 5.73 Å². The number of fused-ring (bicyclic) bond motifs is 1. The minimum Gasteiger partial charge on any atom is -0.365 e. The van der Waals surface area contributed by atoms with Crippen LogP contribution in [0, 0.1) is 6.92 Å². The molecule has 1 aromatic carbocycles. The molecule has 0 radical (unpaired) electrons. The van der Waals surface area contributed by atoms with E-state index in [9.17, 15) is 9.59 Å². The van der Waals surface area contributed by atoms with Gasteiger partial charge in [0, 0.05) is 5.02 Å². The highest BCUT2D eigenvalue weighted by molar-refractivity contribution is 7.20. The lowest BCUT2D eigenvalue weighted by molar-refractivity contribution is 0.100. The maximum absolute atomic E-state index is 12.6. The number of nitrogens with two attached hydrogens (primary N) is 1. The largest absolute Gasteiger partial charge is 0.365 e. The van der Waals surface area contributed by atoms with Gasteiger partial charge < -0.3 is 5.73 Å². The summed E-state index contributed by atoms with van der Waals surface area (Å²) in [6.07, 6.45) is 1.47. The molecule has 0 aliphatic rings. The number of nitrogens with zero attached hydrogens (tertiary/aromatic N) is 2. The first kappa shape index (κ1) is 14.7. The molecule has 0 fully saturated rings. The summed E-state index contributed by atoms with van der Waals surface area (Å²) in [7, 11) is 0. The van der Waals surface area contributed by atoms with E-state index in [2.05, 4.69) is 4.98 Å². The first-order valence-electron chi connectivity index (χ1n) is 6.50. The normalized spacial score (nSPS) is 11.0. The predicted octanol–water partition coefficient (Wildman–Crippen LogP) is 2.57. The lowest BCUT2D eigenvalue weighted by Gasteiger charge is -2.07. The van der Waals surface area contributed by atoms with Crippen molar-refractivity contribution in [1.29, 1.82) is 0 Å². The Balaban J connectivity index is 2.15. The van der Waals surface area contributed by atoms with Gasteiger partial charge in [-0.3, -0.25) is 14.2 Å². The highest BCUT2D eigenvalue weighted by Crippen LogP contribution is 2.26. The summed E-state index contributed by atoms with van der Waals surface area (Å²) in [5.74, 6) is -0.544. The zero-order valence-electron chi connectivity index (χ0n) is 11.7. The smallest absolute Gasteiger partial charge is 0.262 e. The van der Waals surface area contributed by atoms with Gasteiger partial charge in [0.1, 0.15) is 4.83 Å². The molecule has 0 unspecified atom stereocenters. The Morgan fingerprint density at radius 3 is 2.82 bits per heavy atom. The molecule has 0 saturated carbocycles. The molecule has 2 aromatic heterocycles. The average molecular weight is 334 g/mol. The van der Waals surface area contributed by atoms with E-state index in [0.29, 0.717) is 32.2 Å². The molecule has 0 aliphatic carbocycles. The Kier molecular flexibility index (Phi) is 3.72. The fraction of sp³-hybridized carbons (Fsp3) is 0.133. The summed E-state index contributed by atoms with van der Waals surface area (Å²) in [5, 5.41) is 1.03. The van der Waals surface area contributed by atoms with Gasteiger partial charge in [0.05, 0.1) is 23.1 Å². The topological polar surface area (TPSA) is 78.0 Å². The van der Waals surface area contributed by atoms with E-state index >= 15 is 0 Å². The number of hydrogen-bond acceptors (Lipinski definition) is 4. The Morgan fingerprint density at radius 1 is 1.41 bits per heavy atom. The van der Waals surface area contributed by atoms with Crippen molar-refractivity contribution in [2.45, 2.75) is 13.5 Å². The van der Waals surface area contributed by atoms with Crippen LogP contribution < -0.4 is 11.3 Å². The summed E-state index contributed by atoms with van der Waals surface area (Å²) in [6.45, 7) is 2.03. The monoisotopic (exact) mass is 333 g/mol. The van der Waals surface area contributed by atoms with Crippen LogP contribution in [0.1, 0.15) is 20.8 Å². The quantitative estimate of drug-likeness (QED) is 0.800. The third-order valence-electron chi connectivity index (χ3n) is 3.44. The van der Waals surface area contributed by atoms with Crippen molar-refractivity contribution in [3.63, 3.8) is 0 Å². The first-order valence-corrected chi connectivity index (χ1v) is 7.70. The van der Waals surface area contributed by atoms with E-state index in [1.165, 1.54) is 10.9 Å². The molecule has 112 valence electrons. The summed E-state index contributed by atoms with van der Waals surface area (Å²) in [5.41, 5.74) is 6.54. The van der Waals surface area contributed by atoms with Crippen LogP contribution in [0.25, 0.3) is 10.2 Å². The predicted molar refractivity (Wildman–Crippen MR) is 87.7 cm³/mol. The maximum Gasteiger partial charge on any atom is 0.262 e. The number of halogens is 1. The molecule has 0 saturated heterocycles. The van der Waals surface area contributed by atoms with Crippen LogP contribution in [0.15, 0.2) is 35.4 Å². The fourth-order valence-electron chi connectivity index (χ4n) is 2.32. The number of rotatable bonds is 3. The summed E-state index contributed by atoms with van der Waals surface area (Å²) in [4.78, 5) is 29.2. The molecule has 3 rings (SSSR count). The maximum atomic E-state index is 12.6. The van der Waals surface area contributed by atoms with Gasteiger partial charge in [0.15, 0.2) is 0 Å². The molecule has 1 amide bonds. The third kappa shape index (κ3) is 2.40. The van der Waals surface area contributed by atoms with Crippen molar-refractivity contribution in [3.8, 4) is 0 Å².